The summed E-state index contributed by atoms with van der Waals surface area (Å²) in [5.41, 5.74) is 10.6. The lowest BCUT2D eigenvalue weighted by atomic mass is 10.1. The Morgan fingerprint density at radius 3 is 2.89 bits per heavy atom. The Morgan fingerprint density at radius 1 is 1.50 bits per heavy atom. The Balaban J connectivity index is 2.15. The van der Waals surface area contributed by atoms with Crippen LogP contribution in [0.5, 0.6) is 0 Å². The Morgan fingerprint density at radius 2 is 2.22 bits per heavy atom. The number of aliphatic hydroxyl groups is 1. The normalized spacial score (nSPS) is 18.0. The largest absolute Gasteiger partial charge is 0.392 e. The van der Waals surface area contributed by atoms with Gasteiger partial charge in [0.25, 0.3) is 0 Å². The molecule has 0 saturated heterocycles. The predicted octanol–water partition coefficient (Wildman–Crippen LogP) is 0.374. The van der Waals surface area contributed by atoms with Crippen molar-refractivity contribution in [2.24, 2.45) is 10.8 Å². The molecule has 0 saturated carbocycles. The first-order chi connectivity index (χ1) is 8.60. The Labute approximate surface area is 104 Å². The number of hydrazone groups is 1. The number of nitrogens with two attached hydrogens (primary N) is 1. The number of nitrogens with zero attached hydrogens (tertiary/aromatic N) is 2. The van der Waals surface area contributed by atoms with Gasteiger partial charge in [0.1, 0.15) is 6.07 Å². The highest BCUT2D eigenvalue weighted by molar-refractivity contribution is 6.45. The quantitative estimate of drug-likeness (QED) is 0.348. The van der Waals surface area contributed by atoms with E-state index in [-0.39, 0.29) is 17.7 Å². The summed E-state index contributed by atoms with van der Waals surface area (Å²) in [5.74, 6) is -0.374. The summed E-state index contributed by atoms with van der Waals surface area (Å²) in [6.45, 7) is 0. The smallest absolute Gasteiger partial charge is 0.201 e. The summed E-state index contributed by atoms with van der Waals surface area (Å²) >= 11 is 0. The van der Waals surface area contributed by atoms with Gasteiger partial charge in [-0.15, -0.1) is 0 Å². The zero-order chi connectivity index (χ0) is 13.1. The molecular formula is C12H13N5O. The molecule has 1 atom stereocenters. The summed E-state index contributed by atoms with van der Waals surface area (Å²) in [5, 5.41) is 29.1. The second-order valence-electron chi connectivity index (χ2n) is 4.14. The highest BCUT2D eigenvalue weighted by atomic mass is 16.3. The molecule has 1 unspecified atom stereocenters. The second kappa shape index (κ2) is 4.85. The van der Waals surface area contributed by atoms with E-state index in [2.05, 4.69) is 10.5 Å². The van der Waals surface area contributed by atoms with Crippen LogP contribution >= 0.6 is 0 Å². The fourth-order valence-corrected chi connectivity index (χ4v) is 1.93. The lowest BCUT2D eigenvalue weighted by molar-refractivity contribution is 0.187. The Hall–Kier alpha value is -2.39. The molecule has 92 valence electrons. The van der Waals surface area contributed by atoms with Gasteiger partial charge in [0.15, 0.2) is 5.84 Å². The molecule has 0 aliphatic heterocycles. The maximum absolute atomic E-state index is 9.53. The van der Waals surface area contributed by atoms with Gasteiger partial charge >= 0.3 is 0 Å². The molecule has 1 aromatic carbocycles. The summed E-state index contributed by atoms with van der Waals surface area (Å²) in [6.07, 6.45) is 0.993. The van der Waals surface area contributed by atoms with Crippen LogP contribution in [0.25, 0.3) is 0 Å². The monoisotopic (exact) mass is 243 g/mol. The van der Waals surface area contributed by atoms with Gasteiger partial charge in [-0.25, -0.2) is 0 Å². The highest BCUT2D eigenvalue weighted by Gasteiger charge is 2.18. The average molecular weight is 243 g/mol. The van der Waals surface area contributed by atoms with Crippen LogP contribution in [0.3, 0.4) is 0 Å². The fraction of sp³-hybridized carbons (Fsp3) is 0.250. The molecule has 2 rings (SSSR count). The zero-order valence-electron chi connectivity index (χ0n) is 9.64. The van der Waals surface area contributed by atoms with Crippen LogP contribution in [0.1, 0.15) is 11.1 Å². The summed E-state index contributed by atoms with van der Waals surface area (Å²) in [7, 11) is 0. The number of aliphatic hydroxyl groups excluding tert-OH is 1. The molecule has 0 amide bonds. The number of anilines is 1. The SMILES string of the molecule is N#C/C(=N\Nc1ccc2c(c1)CC(O)C2)C(=N)N. The topological polar surface area (TPSA) is 118 Å². The first-order valence-corrected chi connectivity index (χ1v) is 5.48. The molecule has 0 radical (unpaired) electrons. The Bertz CT molecular complexity index is 558. The van der Waals surface area contributed by atoms with Gasteiger partial charge in [-0.3, -0.25) is 10.8 Å². The van der Waals surface area contributed by atoms with Crippen molar-refractivity contribution in [3.8, 4) is 6.07 Å². The van der Waals surface area contributed by atoms with Crippen molar-refractivity contribution in [2.75, 3.05) is 5.43 Å². The molecule has 0 bridgehead atoms. The molecule has 5 N–H and O–H groups in total. The van der Waals surface area contributed by atoms with Crippen molar-refractivity contribution >= 4 is 17.2 Å². The van der Waals surface area contributed by atoms with Crippen LogP contribution in [0.2, 0.25) is 0 Å². The zero-order valence-corrected chi connectivity index (χ0v) is 9.64. The van der Waals surface area contributed by atoms with E-state index in [1.165, 1.54) is 0 Å². The molecule has 6 nitrogen and oxygen atoms in total. The Kier molecular flexibility index (Phi) is 3.26. The van der Waals surface area contributed by atoms with Gasteiger partial charge in [0.2, 0.25) is 5.71 Å². The van der Waals surface area contributed by atoms with Crippen molar-refractivity contribution in [1.29, 1.82) is 10.7 Å². The summed E-state index contributed by atoms with van der Waals surface area (Å²) in [6, 6.07) is 7.34. The minimum absolute atomic E-state index is 0.157. The van der Waals surface area contributed by atoms with Crippen LogP contribution in [-0.4, -0.2) is 22.8 Å². The number of hydrogen-bond donors (Lipinski definition) is 4. The van der Waals surface area contributed by atoms with Crippen LogP contribution in [0, 0.1) is 16.7 Å². The molecule has 1 aliphatic carbocycles. The number of fused-ring (bicyclic) bond motifs is 1. The van der Waals surface area contributed by atoms with Crippen LogP contribution in [0.15, 0.2) is 23.3 Å². The van der Waals surface area contributed by atoms with Crippen molar-refractivity contribution in [1.82, 2.24) is 0 Å². The molecule has 0 spiro atoms. The maximum Gasteiger partial charge on any atom is 0.201 e. The van der Waals surface area contributed by atoms with Crippen molar-refractivity contribution < 1.29 is 5.11 Å². The van der Waals surface area contributed by atoms with Crippen LogP contribution in [-0.2, 0) is 12.8 Å². The van der Waals surface area contributed by atoms with E-state index in [1.54, 1.807) is 6.07 Å². The van der Waals surface area contributed by atoms with Gasteiger partial charge in [-0.1, -0.05) is 6.07 Å². The van der Waals surface area contributed by atoms with E-state index >= 15 is 0 Å². The number of rotatable bonds is 3. The van der Waals surface area contributed by atoms with Gasteiger partial charge < -0.3 is 10.8 Å². The first kappa shape index (κ1) is 12.1. The predicted molar refractivity (Wildman–Crippen MR) is 68.4 cm³/mol. The molecule has 0 fully saturated rings. The third-order valence-corrected chi connectivity index (χ3v) is 2.78. The molecule has 18 heavy (non-hydrogen) atoms. The van der Waals surface area contributed by atoms with Gasteiger partial charge in [0.05, 0.1) is 11.8 Å². The van der Waals surface area contributed by atoms with E-state index in [4.69, 9.17) is 16.4 Å². The average Bonchev–Trinajstić information content (AvgIpc) is 2.68. The van der Waals surface area contributed by atoms with Crippen molar-refractivity contribution in [3.05, 3.63) is 29.3 Å². The summed E-state index contributed by atoms with van der Waals surface area (Å²) < 4.78 is 0. The van der Waals surface area contributed by atoms with E-state index in [0.717, 1.165) is 11.1 Å². The number of hydrogen-bond acceptors (Lipinski definition) is 5. The van der Waals surface area contributed by atoms with Gasteiger partial charge in [-0.2, -0.15) is 10.4 Å². The van der Waals surface area contributed by atoms with E-state index in [1.807, 2.05) is 18.2 Å². The third kappa shape index (κ3) is 2.47. The van der Waals surface area contributed by atoms with Crippen molar-refractivity contribution in [2.45, 2.75) is 18.9 Å². The van der Waals surface area contributed by atoms with E-state index < -0.39 is 0 Å². The maximum atomic E-state index is 9.53. The molecular weight excluding hydrogens is 230 g/mol. The molecule has 0 heterocycles. The standard InChI is InChI=1S/C12H13N5O/c13-6-11(12(14)15)17-16-9-2-1-7-4-10(18)5-8(7)3-9/h1-3,10,16,18H,4-5H2,(H3,14,15)/b17-11+. The fourth-order valence-electron chi connectivity index (χ4n) is 1.93. The third-order valence-electron chi connectivity index (χ3n) is 2.78. The second-order valence-corrected chi connectivity index (χ2v) is 4.14. The molecule has 1 aromatic rings. The number of nitriles is 1. The van der Waals surface area contributed by atoms with Crippen LogP contribution < -0.4 is 11.2 Å². The van der Waals surface area contributed by atoms with Gasteiger partial charge in [0, 0.05) is 0 Å². The molecule has 0 aromatic heterocycles. The lowest BCUT2D eigenvalue weighted by Crippen LogP contribution is -2.21. The number of amidine groups is 1. The molecule has 6 heteroatoms. The number of nitrogens with one attached hydrogen (secondary N) is 2. The van der Waals surface area contributed by atoms with E-state index in [0.29, 0.717) is 18.5 Å². The highest BCUT2D eigenvalue weighted by Crippen LogP contribution is 2.25. The first-order valence-electron chi connectivity index (χ1n) is 5.48. The van der Waals surface area contributed by atoms with Gasteiger partial charge in [-0.05, 0) is 36.1 Å². The summed E-state index contributed by atoms with van der Waals surface area (Å²) in [4.78, 5) is 0. The number of benzene rings is 1. The van der Waals surface area contributed by atoms with Crippen molar-refractivity contribution in [3.63, 3.8) is 0 Å². The van der Waals surface area contributed by atoms with Crippen LogP contribution in [0.4, 0.5) is 5.69 Å². The van der Waals surface area contributed by atoms with E-state index in [9.17, 15) is 5.11 Å². The minimum atomic E-state index is -0.374. The lowest BCUT2D eigenvalue weighted by Gasteiger charge is -2.04. The minimum Gasteiger partial charge on any atom is -0.392 e. The molecule has 1 aliphatic rings.